The van der Waals surface area contributed by atoms with Gasteiger partial charge in [-0.2, -0.15) is 5.26 Å². The molecule has 0 saturated carbocycles. The number of aliphatic hydroxyl groups is 1. The molecule has 1 saturated heterocycles. The molecule has 6 nitrogen and oxygen atoms in total. The lowest BCUT2D eigenvalue weighted by Crippen LogP contribution is -2.45. The van der Waals surface area contributed by atoms with Crippen molar-refractivity contribution in [3.8, 4) is 6.07 Å². The maximum absolute atomic E-state index is 15.7. The van der Waals surface area contributed by atoms with Gasteiger partial charge in [-0.25, -0.2) is 8.78 Å². The molecule has 5 unspecified atom stereocenters. The van der Waals surface area contributed by atoms with E-state index in [4.69, 9.17) is 28.9 Å². The zero-order chi connectivity index (χ0) is 29.4. The zero-order valence-corrected chi connectivity index (χ0v) is 23.7. The molecule has 0 spiro atoms. The van der Waals surface area contributed by atoms with E-state index in [1.165, 1.54) is 30.3 Å². The fourth-order valence-corrected chi connectivity index (χ4v) is 5.88. The van der Waals surface area contributed by atoms with E-state index in [0.717, 1.165) is 6.07 Å². The third kappa shape index (κ3) is 5.71. The number of rotatable bonds is 6. The lowest BCUT2D eigenvalue weighted by Gasteiger charge is -2.37. The number of anilines is 1. The first-order valence-electron chi connectivity index (χ1n) is 12.7. The first-order valence-corrected chi connectivity index (χ1v) is 13.5. The van der Waals surface area contributed by atoms with Gasteiger partial charge in [-0.3, -0.25) is 4.79 Å². The van der Waals surface area contributed by atoms with Gasteiger partial charge in [0.15, 0.2) is 0 Å². The van der Waals surface area contributed by atoms with Crippen LogP contribution in [0.1, 0.15) is 56.0 Å². The van der Waals surface area contributed by atoms with Gasteiger partial charge in [-0.05, 0) is 53.3 Å². The molecular weight excluding hydrogens is 557 g/mol. The largest absolute Gasteiger partial charge is 0.375 e. The Morgan fingerprint density at radius 2 is 1.85 bits per heavy atom. The Hall–Kier alpha value is -3.06. The molecule has 1 heterocycles. The van der Waals surface area contributed by atoms with Crippen LogP contribution in [0.3, 0.4) is 0 Å². The lowest BCUT2D eigenvalue weighted by atomic mass is 9.62. The van der Waals surface area contributed by atoms with Crippen molar-refractivity contribution in [1.82, 2.24) is 5.32 Å². The van der Waals surface area contributed by atoms with E-state index in [0.29, 0.717) is 17.7 Å². The van der Waals surface area contributed by atoms with Gasteiger partial charge in [0.1, 0.15) is 23.3 Å². The second kappa shape index (κ2) is 11.4. The Bertz CT molecular complexity index is 1450. The number of halogens is 4. The average Bonchev–Trinajstić information content (AvgIpc) is 3.19. The van der Waals surface area contributed by atoms with E-state index in [9.17, 15) is 15.2 Å². The monoisotopic (exact) mass is 586 g/mol. The van der Waals surface area contributed by atoms with Crippen molar-refractivity contribution in [1.29, 1.82) is 5.26 Å². The SMILES string of the molecule is CC(C)(C)CC1NC(C(=O)Nc2ccc(C(N)O)cc2)C(c2cccc(Cl)c2F)C1(C#N)c1ccc(Cl)cc1F. The minimum absolute atomic E-state index is 0.00196. The summed E-state index contributed by atoms with van der Waals surface area (Å²) in [7, 11) is 0. The van der Waals surface area contributed by atoms with Gasteiger partial charge in [-0.15, -0.1) is 0 Å². The van der Waals surface area contributed by atoms with Crippen LogP contribution in [0.5, 0.6) is 0 Å². The average molecular weight is 587 g/mol. The molecule has 5 atom stereocenters. The van der Waals surface area contributed by atoms with E-state index in [2.05, 4.69) is 16.7 Å². The van der Waals surface area contributed by atoms with Crippen molar-refractivity contribution in [2.75, 3.05) is 5.32 Å². The van der Waals surface area contributed by atoms with Crippen molar-refractivity contribution >= 4 is 34.8 Å². The summed E-state index contributed by atoms with van der Waals surface area (Å²) in [4.78, 5) is 13.9. The third-order valence-corrected chi connectivity index (χ3v) is 7.78. The molecule has 210 valence electrons. The number of carbonyl (C=O) groups excluding carboxylic acids is 1. The number of nitrogens with one attached hydrogen (secondary N) is 2. The maximum Gasteiger partial charge on any atom is 0.242 e. The number of hydrogen-bond acceptors (Lipinski definition) is 5. The molecule has 10 heteroatoms. The molecule has 1 aliphatic heterocycles. The van der Waals surface area contributed by atoms with E-state index in [1.54, 1.807) is 24.3 Å². The van der Waals surface area contributed by atoms with Crippen molar-refractivity contribution in [3.05, 3.63) is 99.0 Å². The summed E-state index contributed by atoms with van der Waals surface area (Å²) in [5.41, 5.74) is 4.27. The van der Waals surface area contributed by atoms with E-state index in [1.807, 2.05) is 20.8 Å². The predicted molar refractivity (Wildman–Crippen MR) is 152 cm³/mol. The fraction of sp³-hybridized carbons (Fsp3) is 0.333. The van der Waals surface area contributed by atoms with Crippen LogP contribution < -0.4 is 16.4 Å². The van der Waals surface area contributed by atoms with E-state index < -0.39 is 47.2 Å². The Labute approximate surface area is 242 Å². The number of nitrogens with two attached hydrogens (primary N) is 1. The molecule has 3 aromatic rings. The molecule has 1 fully saturated rings. The molecule has 0 aromatic heterocycles. The highest BCUT2D eigenvalue weighted by Gasteiger charge is 2.61. The maximum atomic E-state index is 15.7. The van der Waals surface area contributed by atoms with Gasteiger partial charge < -0.3 is 21.5 Å². The van der Waals surface area contributed by atoms with Crippen LogP contribution in [0, 0.1) is 28.4 Å². The first kappa shape index (κ1) is 29.9. The second-order valence-corrected chi connectivity index (χ2v) is 12.1. The van der Waals surface area contributed by atoms with E-state index in [-0.39, 0.29) is 26.6 Å². The smallest absolute Gasteiger partial charge is 0.242 e. The van der Waals surface area contributed by atoms with Crippen molar-refractivity contribution in [3.63, 3.8) is 0 Å². The number of amides is 1. The van der Waals surface area contributed by atoms with Gasteiger partial charge in [-0.1, -0.05) is 74.3 Å². The number of carbonyl (C=O) groups is 1. The fourth-order valence-electron chi connectivity index (χ4n) is 5.54. The van der Waals surface area contributed by atoms with Crippen molar-refractivity contribution in [2.45, 2.75) is 56.8 Å². The summed E-state index contributed by atoms with van der Waals surface area (Å²) in [6.45, 7) is 5.89. The van der Waals surface area contributed by atoms with Crippen LogP contribution in [-0.2, 0) is 10.2 Å². The van der Waals surface area contributed by atoms with Gasteiger partial charge in [0.05, 0.1) is 17.1 Å². The van der Waals surface area contributed by atoms with E-state index >= 15 is 8.78 Å². The normalized spacial score (nSPS) is 23.4. The highest BCUT2D eigenvalue weighted by Crippen LogP contribution is 2.52. The summed E-state index contributed by atoms with van der Waals surface area (Å²) in [5, 5.41) is 26.5. The second-order valence-electron chi connectivity index (χ2n) is 11.2. The molecular formula is C30H30Cl2F2N4O2. The quantitative estimate of drug-likeness (QED) is 0.258. The van der Waals surface area contributed by atoms with Crippen LogP contribution >= 0.6 is 23.2 Å². The van der Waals surface area contributed by atoms with Crippen LogP contribution in [-0.4, -0.2) is 23.1 Å². The topological polar surface area (TPSA) is 111 Å². The van der Waals surface area contributed by atoms with Gasteiger partial charge >= 0.3 is 0 Å². The molecule has 0 radical (unpaired) electrons. The first-order chi connectivity index (χ1) is 18.8. The Morgan fingerprint density at radius 3 is 2.42 bits per heavy atom. The Balaban J connectivity index is 1.92. The lowest BCUT2D eigenvalue weighted by molar-refractivity contribution is -0.118. The number of nitriles is 1. The summed E-state index contributed by atoms with van der Waals surface area (Å²) < 4.78 is 31.4. The van der Waals surface area contributed by atoms with Crippen LogP contribution in [0.25, 0.3) is 0 Å². The molecule has 1 aliphatic rings. The van der Waals surface area contributed by atoms with Crippen LogP contribution in [0.4, 0.5) is 14.5 Å². The Morgan fingerprint density at radius 1 is 1.18 bits per heavy atom. The summed E-state index contributed by atoms with van der Waals surface area (Å²) in [5.74, 6) is -3.26. The zero-order valence-electron chi connectivity index (χ0n) is 22.2. The molecule has 40 heavy (non-hydrogen) atoms. The Kier molecular flexibility index (Phi) is 8.55. The van der Waals surface area contributed by atoms with Crippen molar-refractivity contribution in [2.24, 2.45) is 11.1 Å². The number of hydrogen-bond donors (Lipinski definition) is 4. The van der Waals surface area contributed by atoms with Gasteiger partial charge in [0, 0.05) is 28.2 Å². The van der Waals surface area contributed by atoms with Crippen LogP contribution in [0.15, 0.2) is 60.7 Å². The molecule has 5 N–H and O–H groups in total. The third-order valence-electron chi connectivity index (χ3n) is 7.25. The summed E-state index contributed by atoms with van der Waals surface area (Å²) in [6.07, 6.45) is -0.825. The van der Waals surface area contributed by atoms with Gasteiger partial charge in [0.2, 0.25) is 5.91 Å². The minimum Gasteiger partial charge on any atom is -0.375 e. The predicted octanol–water partition coefficient (Wildman–Crippen LogP) is 6.18. The number of benzene rings is 3. The standard InChI is InChI=1S/C30H30Cl2F2N4O2/c1-29(2,3)14-23-30(15-35,20-12-9-17(31)13-22(20)33)24(19-5-4-6-21(32)25(19)34)26(38-23)28(40)37-18-10-7-16(8-11-18)27(36)39/h4-13,23-24,26-27,38-39H,14,36H2,1-3H3,(H,37,40). The molecule has 4 rings (SSSR count). The highest BCUT2D eigenvalue weighted by atomic mass is 35.5. The molecule has 1 amide bonds. The van der Waals surface area contributed by atoms with Gasteiger partial charge in [0.25, 0.3) is 0 Å². The summed E-state index contributed by atoms with van der Waals surface area (Å²) >= 11 is 12.2. The van der Waals surface area contributed by atoms with Crippen molar-refractivity contribution < 1.29 is 18.7 Å². The molecule has 3 aromatic carbocycles. The highest BCUT2D eigenvalue weighted by molar-refractivity contribution is 6.31. The molecule has 0 aliphatic carbocycles. The number of nitrogens with zero attached hydrogens (tertiary/aromatic N) is 1. The summed E-state index contributed by atoms with van der Waals surface area (Å²) in [6, 6.07) is 15.0. The number of aliphatic hydroxyl groups excluding tert-OH is 1. The minimum atomic E-state index is -1.72. The van der Waals surface area contributed by atoms with Crippen LogP contribution in [0.2, 0.25) is 10.0 Å². The molecule has 0 bridgehead atoms.